The summed E-state index contributed by atoms with van der Waals surface area (Å²) in [5.74, 6) is -0.566. The normalized spacial score (nSPS) is 11.2. The molecule has 2 aromatic rings. The van der Waals surface area contributed by atoms with Gasteiger partial charge in [0.1, 0.15) is 4.90 Å². The van der Waals surface area contributed by atoms with Gasteiger partial charge in [0.15, 0.2) is 0 Å². The molecule has 8 heteroatoms. The summed E-state index contributed by atoms with van der Waals surface area (Å²) < 4.78 is 28.1. The van der Waals surface area contributed by atoms with Crippen LogP contribution in [-0.4, -0.2) is 24.1 Å². The fourth-order valence-electron chi connectivity index (χ4n) is 1.57. The SMILES string of the molecule is CCn1cc(S(=O)(=O)Nc2ccc(C(N)=O)cc2)cn1. The maximum absolute atomic E-state index is 12.1. The van der Waals surface area contributed by atoms with Crippen LogP contribution in [0.3, 0.4) is 0 Å². The van der Waals surface area contributed by atoms with Crippen LogP contribution in [-0.2, 0) is 16.6 Å². The third kappa shape index (κ3) is 2.97. The van der Waals surface area contributed by atoms with Crippen molar-refractivity contribution in [2.24, 2.45) is 5.73 Å². The molecule has 3 N–H and O–H groups in total. The summed E-state index contributed by atoms with van der Waals surface area (Å²) in [7, 11) is -3.69. The summed E-state index contributed by atoms with van der Waals surface area (Å²) in [5, 5.41) is 3.92. The van der Waals surface area contributed by atoms with Gasteiger partial charge in [0.25, 0.3) is 10.0 Å². The van der Waals surface area contributed by atoms with Crippen LogP contribution in [0.2, 0.25) is 0 Å². The highest BCUT2D eigenvalue weighted by Crippen LogP contribution is 2.16. The molecule has 0 unspecified atom stereocenters. The molecule has 1 amide bonds. The third-order valence-electron chi connectivity index (χ3n) is 2.67. The Morgan fingerprint density at radius 3 is 2.50 bits per heavy atom. The van der Waals surface area contributed by atoms with E-state index < -0.39 is 15.9 Å². The number of benzene rings is 1. The van der Waals surface area contributed by atoms with E-state index in [0.29, 0.717) is 17.8 Å². The van der Waals surface area contributed by atoms with Crippen LogP contribution in [0.15, 0.2) is 41.6 Å². The monoisotopic (exact) mass is 294 g/mol. The molecule has 0 atom stereocenters. The zero-order valence-electron chi connectivity index (χ0n) is 10.8. The van der Waals surface area contributed by atoms with Crippen molar-refractivity contribution in [3.8, 4) is 0 Å². The maximum atomic E-state index is 12.1. The quantitative estimate of drug-likeness (QED) is 0.850. The number of hydrogen-bond acceptors (Lipinski definition) is 4. The molecule has 0 aliphatic carbocycles. The molecular weight excluding hydrogens is 280 g/mol. The van der Waals surface area contributed by atoms with Crippen molar-refractivity contribution in [3.05, 3.63) is 42.2 Å². The molecule has 0 radical (unpaired) electrons. The Labute approximate surface area is 116 Å². The first kappa shape index (κ1) is 14.1. The third-order valence-corrected chi connectivity index (χ3v) is 4.00. The van der Waals surface area contributed by atoms with Crippen molar-refractivity contribution in [1.82, 2.24) is 9.78 Å². The van der Waals surface area contributed by atoms with Crippen LogP contribution in [0.25, 0.3) is 0 Å². The van der Waals surface area contributed by atoms with Crippen LogP contribution in [0.5, 0.6) is 0 Å². The number of nitrogens with zero attached hydrogens (tertiary/aromatic N) is 2. The van der Waals surface area contributed by atoms with E-state index in [0.717, 1.165) is 0 Å². The van der Waals surface area contributed by atoms with Gasteiger partial charge in [-0.2, -0.15) is 5.10 Å². The number of aryl methyl sites for hydroxylation is 1. The number of primary amides is 1. The highest BCUT2D eigenvalue weighted by molar-refractivity contribution is 7.92. The van der Waals surface area contributed by atoms with Gasteiger partial charge >= 0.3 is 0 Å². The largest absolute Gasteiger partial charge is 0.366 e. The Morgan fingerprint density at radius 2 is 2.00 bits per heavy atom. The highest BCUT2D eigenvalue weighted by atomic mass is 32.2. The first-order valence-corrected chi connectivity index (χ1v) is 7.36. The number of hydrogen-bond donors (Lipinski definition) is 2. The molecule has 1 aromatic heterocycles. The first-order chi connectivity index (χ1) is 9.42. The summed E-state index contributed by atoms with van der Waals surface area (Å²) in [5.41, 5.74) is 5.77. The lowest BCUT2D eigenvalue weighted by atomic mass is 10.2. The minimum absolute atomic E-state index is 0.0818. The van der Waals surface area contributed by atoms with Crippen molar-refractivity contribution in [2.45, 2.75) is 18.4 Å². The van der Waals surface area contributed by atoms with Gasteiger partial charge in [-0.1, -0.05) is 0 Å². The molecule has 0 aliphatic rings. The molecule has 0 saturated heterocycles. The molecule has 0 fully saturated rings. The molecule has 0 aliphatic heterocycles. The van der Waals surface area contributed by atoms with Gasteiger partial charge < -0.3 is 5.73 Å². The number of carbonyl (C=O) groups is 1. The Hall–Kier alpha value is -2.35. The van der Waals surface area contributed by atoms with Crippen molar-refractivity contribution in [3.63, 3.8) is 0 Å². The van der Waals surface area contributed by atoms with Gasteiger partial charge in [-0.15, -0.1) is 0 Å². The molecule has 0 saturated carbocycles. The molecule has 2 rings (SSSR count). The number of nitrogens with one attached hydrogen (secondary N) is 1. The van der Waals surface area contributed by atoms with E-state index in [1.165, 1.54) is 41.3 Å². The Kier molecular flexibility index (Phi) is 3.75. The number of carbonyl (C=O) groups excluding carboxylic acids is 1. The van der Waals surface area contributed by atoms with Crippen LogP contribution in [0.1, 0.15) is 17.3 Å². The van der Waals surface area contributed by atoms with E-state index in [-0.39, 0.29) is 4.90 Å². The van der Waals surface area contributed by atoms with E-state index in [2.05, 4.69) is 9.82 Å². The van der Waals surface area contributed by atoms with E-state index in [4.69, 9.17) is 5.73 Å². The lowest BCUT2D eigenvalue weighted by Crippen LogP contribution is -2.13. The molecule has 106 valence electrons. The number of nitrogens with two attached hydrogens (primary N) is 1. The lowest BCUT2D eigenvalue weighted by Gasteiger charge is -2.06. The number of anilines is 1. The van der Waals surface area contributed by atoms with Gasteiger partial charge in [0.05, 0.1) is 6.20 Å². The number of sulfonamides is 1. The smallest absolute Gasteiger partial charge is 0.265 e. The summed E-state index contributed by atoms with van der Waals surface area (Å²) in [6.07, 6.45) is 2.73. The molecule has 0 bridgehead atoms. The van der Waals surface area contributed by atoms with Crippen LogP contribution < -0.4 is 10.5 Å². The second-order valence-electron chi connectivity index (χ2n) is 4.08. The lowest BCUT2D eigenvalue weighted by molar-refractivity contribution is 0.100. The van der Waals surface area contributed by atoms with Gasteiger partial charge in [0, 0.05) is 24.0 Å². The minimum atomic E-state index is -3.69. The van der Waals surface area contributed by atoms with Crippen molar-refractivity contribution >= 4 is 21.6 Å². The predicted octanol–water partition coefficient (Wildman–Crippen LogP) is 0.803. The Balaban J connectivity index is 2.21. The van der Waals surface area contributed by atoms with Gasteiger partial charge in [-0.05, 0) is 31.2 Å². The zero-order chi connectivity index (χ0) is 14.8. The number of rotatable bonds is 5. The van der Waals surface area contributed by atoms with E-state index in [1.807, 2.05) is 6.92 Å². The first-order valence-electron chi connectivity index (χ1n) is 5.87. The van der Waals surface area contributed by atoms with E-state index in [1.54, 1.807) is 0 Å². The number of amides is 1. The number of aromatic nitrogens is 2. The second kappa shape index (κ2) is 5.33. The molecule has 1 aromatic carbocycles. The second-order valence-corrected chi connectivity index (χ2v) is 5.76. The van der Waals surface area contributed by atoms with E-state index in [9.17, 15) is 13.2 Å². The van der Waals surface area contributed by atoms with Gasteiger partial charge in [0.2, 0.25) is 5.91 Å². The highest BCUT2D eigenvalue weighted by Gasteiger charge is 2.16. The Morgan fingerprint density at radius 1 is 1.35 bits per heavy atom. The molecule has 20 heavy (non-hydrogen) atoms. The van der Waals surface area contributed by atoms with Gasteiger partial charge in [-0.25, -0.2) is 8.42 Å². The average molecular weight is 294 g/mol. The zero-order valence-corrected chi connectivity index (χ0v) is 11.6. The van der Waals surface area contributed by atoms with Crippen molar-refractivity contribution < 1.29 is 13.2 Å². The summed E-state index contributed by atoms with van der Waals surface area (Å²) in [4.78, 5) is 11.0. The summed E-state index contributed by atoms with van der Waals surface area (Å²) >= 11 is 0. The molecule has 1 heterocycles. The fourth-order valence-corrected chi connectivity index (χ4v) is 2.58. The average Bonchev–Trinajstić information content (AvgIpc) is 2.88. The van der Waals surface area contributed by atoms with Gasteiger partial charge in [-0.3, -0.25) is 14.2 Å². The topological polar surface area (TPSA) is 107 Å². The van der Waals surface area contributed by atoms with Crippen LogP contribution in [0, 0.1) is 0 Å². The molecular formula is C12H14N4O3S. The summed E-state index contributed by atoms with van der Waals surface area (Å²) in [6.45, 7) is 2.45. The minimum Gasteiger partial charge on any atom is -0.366 e. The predicted molar refractivity (Wildman–Crippen MR) is 73.7 cm³/mol. The Bertz CT molecular complexity index is 719. The van der Waals surface area contributed by atoms with Crippen LogP contribution >= 0.6 is 0 Å². The summed E-state index contributed by atoms with van der Waals surface area (Å²) in [6, 6.07) is 5.86. The standard InChI is InChI=1S/C12H14N4O3S/c1-2-16-8-11(7-14-16)20(18,19)15-10-5-3-9(4-6-10)12(13)17/h3-8,15H,2H2,1H3,(H2,13,17). The van der Waals surface area contributed by atoms with Crippen LogP contribution in [0.4, 0.5) is 5.69 Å². The maximum Gasteiger partial charge on any atom is 0.265 e. The van der Waals surface area contributed by atoms with E-state index >= 15 is 0 Å². The van der Waals surface area contributed by atoms with Crippen molar-refractivity contribution in [1.29, 1.82) is 0 Å². The van der Waals surface area contributed by atoms with Crippen molar-refractivity contribution in [2.75, 3.05) is 4.72 Å². The molecule has 0 spiro atoms. The fraction of sp³-hybridized carbons (Fsp3) is 0.167. The molecule has 7 nitrogen and oxygen atoms in total.